The van der Waals surface area contributed by atoms with E-state index in [1.54, 1.807) is 12.1 Å². The molecular formula is C24H26FN5. The second-order valence-electron chi connectivity index (χ2n) is 8.36. The molecule has 1 fully saturated rings. The van der Waals surface area contributed by atoms with Crippen LogP contribution in [0.2, 0.25) is 0 Å². The number of aromatic nitrogens is 3. The summed E-state index contributed by atoms with van der Waals surface area (Å²) in [6, 6.07) is 11.8. The summed E-state index contributed by atoms with van der Waals surface area (Å²) in [6.45, 7) is 2.85. The van der Waals surface area contributed by atoms with Crippen LogP contribution in [0.15, 0.2) is 48.8 Å². The van der Waals surface area contributed by atoms with Crippen LogP contribution >= 0.6 is 0 Å². The number of aryl methyl sites for hydroxylation is 2. The molecule has 2 atom stereocenters. The lowest BCUT2D eigenvalue weighted by atomic mass is 10.1. The molecule has 0 aliphatic heterocycles. The van der Waals surface area contributed by atoms with Gasteiger partial charge in [0, 0.05) is 48.8 Å². The predicted molar refractivity (Wildman–Crippen MR) is 119 cm³/mol. The molecule has 1 aliphatic carbocycles. The van der Waals surface area contributed by atoms with E-state index in [0.717, 1.165) is 53.7 Å². The van der Waals surface area contributed by atoms with E-state index in [9.17, 15) is 4.39 Å². The Bertz CT molecular complexity index is 1220. The summed E-state index contributed by atoms with van der Waals surface area (Å²) in [5.41, 5.74) is 4.18. The minimum atomic E-state index is -0.222. The van der Waals surface area contributed by atoms with Crippen LogP contribution in [0.5, 0.6) is 0 Å². The first kappa shape index (κ1) is 19.0. The van der Waals surface area contributed by atoms with Crippen LogP contribution in [0.1, 0.15) is 30.4 Å². The smallest absolute Gasteiger partial charge is 0.139 e. The molecule has 154 valence electrons. The molecule has 0 amide bonds. The number of anilines is 1. The molecule has 0 radical (unpaired) electrons. The SMILES string of the molecule is Cc1cc(NC2CCC(NCc3cn(C)c4ncccc34)C2)nc2ccc(F)cc12. The monoisotopic (exact) mass is 403 g/mol. The van der Waals surface area contributed by atoms with Gasteiger partial charge in [-0.2, -0.15) is 0 Å². The number of pyridine rings is 2. The molecule has 3 heterocycles. The Hall–Kier alpha value is -2.99. The molecule has 5 rings (SSSR count). The lowest BCUT2D eigenvalue weighted by Crippen LogP contribution is -2.27. The van der Waals surface area contributed by atoms with Gasteiger partial charge in [-0.3, -0.25) is 0 Å². The number of hydrogen-bond acceptors (Lipinski definition) is 4. The lowest BCUT2D eigenvalue weighted by molar-refractivity contribution is 0.521. The molecule has 2 N–H and O–H groups in total. The van der Waals surface area contributed by atoms with E-state index >= 15 is 0 Å². The third-order valence-corrected chi connectivity index (χ3v) is 6.16. The molecule has 0 spiro atoms. The van der Waals surface area contributed by atoms with Gasteiger partial charge in [-0.05, 0) is 73.7 Å². The van der Waals surface area contributed by atoms with Crippen molar-refractivity contribution in [2.75, 3.05) is 5.32 Å². The highest BCUT2D eigenvalue weighted by atomic mass is 19.1. The zero-order valence-electron chi connectivity index (χ0n) is 17.3. The minimum absolute atomic E-state index is 0.222. The molecule has 1 aromatic carbocycles. The zero-order chi connectivity index (χ0) is 20.7. The van der Waals surface area contributed by atoms with Crippen molar-refractivity contribution in [3.8, 4) is 0 Å². The van der Waals surface area contributed by atoms with Crippen LogP contribution < -0.4 is 10.6 Å². The van der Waals surface area contributed by atoms with E-state index in [0.29, 0.717) is 12.1 Å². The molecule has 6 heteroatoms. The molecule has 1 saturated carbocycles. The summed E-state index contributed by atoms with van der Waals surface area (Å²) < 4.78 is 15.6. The largest absolute Gasteiger partial charge is 0.367 e. The third kappa shape index (κ3) is 3.63. The molecule has 0 saturated heterocycles. The first-order chi connectivity index (χ1) is 14.6. The Kier molecular flexibility index (Phi) is 4.87. The number of halogens is 1. The quantitative estimate of drug-likeness (QED) is 0.508. The number of benzene rings is 1. The van der Waals surface area contributed by atoms with Crippen molar-refractivity contribution in [2.45, 2.75) is 44.8 Å². The van der Waals surface area contributed by atoms with Gasteiger partial charge < -0.3 is 15.2 Å². The Morgan fingerprint density at radius 2 is 2.00 bits per heavy atom. The minimum Gasteiger partial charge on any atom is -0.367 e. The van der Waals surface area contributed by atoms with Crippen LogP contribution in [0.4, 0.5) is 10.2 Å². The van der Waals surface area contributed by atoms with Crippen molar-refractivity contribution in [3.63, 3.8) is 0 Å². The Labute approximate surface area is 175 Å². The second kappa shape index (κ2) is 7.69. The van der Waals surface area contributed by atoms with E-state index in [2.05, 4.69) is 37.4 Å². The topological polar surface area (TPSA) is 54.8 Å². The zero-order valence-corrected chi connectivity index (χ0v) is 17.3. The van der Waals surface area contributed by atoms with Gasteiger partial charge >= 0.3 is 0 Å². The lowest BCUT2D eigenvalue weighted by Gasteiger charge is -2.16. The van der Waals surface area contributed by atoms with Crippen molar-refractivity contribution < 1.29 is 4.39 Å². The fraction of sp³-hybridized carbons (Fsp3) is 0.333. The Morgan fingerprint density at radius 1 is 1.13 bits per heavy atom. The normalized spacial score (nSPS) is 19.0. The number of hydrogen-bond donors (Lipinski definition) is 2. The Balaban J connectivity index is 1.23. The summed E-state index contributed by atoms with van der Waals surface area (Å²) in [6.07, 6.45) is 7.31. The number of nitrogens with zero attached hydrogens (tertiary/aromatic N) is 3. The number of nitrogens with one attached hydrogen (secondary N) is 2. The Morgan fingerprint density at radius 3 is 2.90 bits per heavy atom. The summed E-state index contributed by atoms with van der Waals surface area (Å²) >= 11 is 0. The van der Waals surface area contributed by atoms with E-state index in [4.69, 9.17) is 0 Å². The summed E-state index contributed by atoms with van der Waals surface area (Å²) in [5, 5.41) is 9.40. The maximum Gasteiger partial charge on any atom is 0.139 e. The molecule has 1 aliphatic rings. The van der Waals surface area contributed by atoms with Crippen molar-refractivity contribution >= 4 is 27.8 Å². The highest BCUT2D eigenvalue weighted by Crippen LogP contribution is 2.26. The molecule has 3 aromatic heterocycles. The van der Waals surface area contributed by atoms with E-state index in [1.807, 2.05) is 32.3 Å². The summed E-state index contributed by atoms with van der Waals surface area (Å²) in [7, 11) is 2.04. The highest BCUT2D eigenvalue weighted by Gasteiger charge is 2.25. The van der Waals surface area contributed by atoms with Gasteiger partial charge in [-0.1, -0.05) is 0 Å². The van der Waals surface area contributed by atoms with Gasteiger partial charge in [-0.15, -0.1) is 0 Å². The first-order valence-corrected chi connectivity index (χ1v) is 10.5. The van der Waals surface area contributed by atoms with Crippen molar-refractivity contribution in [1.82, 2.24) is 19.9 Å². The molecule has 4 aromatic rings. The average Bonchev–Trinajstić information content (AvgIpc) is 3.31. The van der Waals surface area contributed by atoms with Gasteiger partial charge in [-0.25, -0.2) is 14.4 Å². The molecular weight excluding hydrogens is 377 g/mol. The van der Waals surface area contributed by atoms with Crippen molar-refractivity contribution in [1.29, 1.82) is 0 Å². The maximum absolute atomic E-state index is 13.5. The van der Waals surface area contributed by atoms with Crippen molar-refractivity contribution in [2.24, 2.45) is 7.05 Å². The third-order valence-electron chi connectivity index (χ3n) is 6.16. The van der Waals surface area contributed by atoms with Crippen LogP contribution in [-0.2, 0) is 13.6 Å². The summed E-state index contributed by atoms with van der Waals surface area (Å²) in [5.74, 6) is 0.650. The molecule has 0 bridgehead atoms. The van der Waals surface area contributed by atoms with Crippen LogP contribution in [0.3, 0.4) is 0 Å². The van der Waals surface area contributed by atoms with Gasteiger partial charge in [0.05, 0.1) is 5.52 Å². The standard InChI is InChI=1S/C24H26FN5/c1-15-10-23(29-22-8-5-17(25)11-21(15)22)28-19-7-6-18(12-19)27-13-16-14-30(2)24-20(16)4-3-9-26-24/h3-5,8-11,14,18-19,27H,6-7,12-13H2,1-2H3,(H,28,29). The van der Waals surface area contributed by atoms with Crippen LogP contribution in [0.25, 0.3) is 21.9 Å². The van der Waals surface area contributed by atoms with Crippen LogP contribution in [-0.4, -0.2) is 26.6 Å². The molecule has 2 unspecified atom stereocenters. The van der Waals surface area contributed by atoms with Gasteiger partial charge in [0.15, 0.2) is 0 Å². The second-order valence-corrected chi connectivity index (χ2v) is 8.36. The molecule has 30 heavy (non-hydrogen) atoms. The van der Waals surface area contributed by atoms with E-state index < -0.39 is 0 Å². The van der Waals surface area contributed by atoms with Gasteiger partial charge in [0.25, 0.3) is 0 Å². The summed E-state index contributed by atoms with van der Waals surface area (Å²) in [4.78, 5) is 9.16. The maximum atomic E-state index is 13.5. The molecule has 5 nitrogen and oxygen atoms in total. The first-order valence-electron chi connectivity index (χ1n) is 10.5. The number of fused-ring (bicyclic) bond motifs is 2. The van der Waals surface area contributed by atoms with Crippen molar-refractivity contribution in [3.05, 3.63) is 65.7 Å². The predicted octanol–water partition coefficient (Wildman–Crippen LogP) is 4.69. The fourth-order valence-corrected chi connectivity index (χ4v) is 4.64. The van der Waals surface area contributed by atoms with Gasteiger partial charge in [0.2, 0.25) is 0 Å². The highest BCUT2D eigenvalue weighted by molar-refractivity contribution is 5.84. The van der Waals surface area contributed by atoms with E-state index in [1.165, 1.54) is 17.0 Å². The number of rotatable bonds is 5. The van der Waals surface area contributed by atoms with Crippen LogP contribution in [0, 0.1) is 12.7 Å². The fourth-order valence-electron chi connectivity index (χ4n) is 4.64. The average molecular weight is 404 g/mol. The van der Waals surface area contributed by atoms with E-state index in [-0.39, 0.29) is 5.82 Å². The van der Waals surface area contributed by atoms with Gasteiger partial charge in [0.1, 0.15) is 17.3 Å².